The van der Waals surface area contributed by atoms with Gasteiger partial charge in [0.2, 0.25) is 5.78 Å². The smallest absolute Gasteiger partial charge is 0.343 e. The van der Waals surface area contributed by atoms with Gasteiger partial charge in [0.25, 0.3) is 0 Å². The normalized spacial score (nSPS) is 19.4. The molecule has 1 fully saturated rings. The highest BCUT2D eigenvalue weighted by atomic mass is 35.5. The number of halogens is 1. The number of ether oxygens (including phenoxy) is 1. The maximum atomic E-state index is 13.7. The van der Waals surface area contributed by atoms with Crippen LogP contribution in [0, 0.1) is 5.92 Å². The van der Waals surface area contributed by atoms with Crippen molar-refractivity contribution in [3.8, 4) is 0 Å². The van der Waals surface area contributed by atoms with Crippen LogP contribution in [-0.2, 0) is 4.74 Å². The number of benzene rings is 3. The molecule has 2 aliphatic carbocycles. The molecule has 0 spiro atoms. The molecule has 1 saturated carbocycles. The Labute approximate surface area is 221 Å². The number of allylic oxidation sites excluding steroid dienone is 2. The highest BCUT2D eigenvalue weighted by Gasteiger charge is 2.39. The van der Waals surface area contributed by atoms with Crippen molar-refractivity contribution < 1.29 is 19.1 Å². The van der Waals surface area contributed by atoms with E-state index >= 15 is 0 Å². The maximum absolute atomic E-state index is 13.7. The zero-order valence-electron chi connectivity index (χ0n) is 20.9. The first-order valence-electron chi connectivity index (χ1n) is 12.5. The lowest BCUT2D eigenvalue weighted by Gasteiger charge is -2.32. The van der Waals surface area contributed by atoms with Crippen LogP contribution in [0.4, 0.5) is 5.69 Å². The van der Waals surface area contributed by atoms with Gasteiger partial charge in [-0.15, -0.1) is 0 Å². The molecule has 0 radical (unpaired) electrons. The number of hydrogen-bond donors (Lipinski definition) is 0. The molecule has 0 aliphatic heterocycles. The first-order valence-corrected chi connectivity index (χ1v) is 12.9. The molecule has 0 aromatic heterocycles. The second-order valence-corrected chi connectivity index (χ2v) is 10.3. The predicted octanol–water partition coefficient (Wildman–Crippen LogP) is 6.87. The molecule has 0 saturated heterocycles. The fraction of sp³-hybridized carbons (Fsp3) is 0.258. The van der Waals surface area contributed by atoms with Crippen molar-refractivity contribution in [1.29, 1.82) is 0 Å². The maximum Gasteiger partial charge on any atom is 0.343 e. The predicted molar refractivity (Wildman–Crippen MR) is 144 cm³/mol. The van der Waals surface area contributed by atoms with E-state index in [9.17, 15) is 14.4 Å². The van der Waals surface area contributed by atoms with Gasteiger partial charge in [-0.25, -0.2) is 4.79 Å². The highest BCUT2D eigenvalue weighted by Crippen LogP contribution is 2.42. The Morgan fingerprint density at radius 3 is 1.95 bits per heavy atom. The lowest BCUT2D eigenvalue weighted by molar-refractivity contribution is 0.0574. The number of fused-ring (bicyclic) bond motifs is 1. The molecule has 6 heteroatoms. The number of hydrogen-bond acceptors (Lipinski definition) is 5. The minimum Gasteiger partial charge on any atom is -0.418 e. The van der Waals surface area contributed by atoms with E-state index in [1.54, 1.807) is 36.4 Å². The van der Waals surface area contributed by atoms with Crippen LogP contribution in [0.3, 0.4) is 0 Å². The van der Waals surface area contributed by atoms with Gasteiger partial charge in [-0.05, 0) is 79.5 Å². The average Bonchev–Trinajstić information content (AvgIpc) is 2.92. The third-order valence-corrected chi connectivity index (χ3v) is 7.65. The summed E-state index contributed by atoms with van der Waals surface area (Å²) in [4.78, 5) is 42.2. The van der Waals surface area contributed by atoms with Crippen LogP contribution in [0.15, 0.2) is 84.1 Å². The van der Waals surface area contributed by atoms with E-state index in [1.165, 1.54) is 5.56 Å². The number of ketones is 2. The Hall–Kier alpha value is -3.70. The van der Waals surface area contributed by atoms with Crippen LogP contribution < -0.4 is 4.90 Å². The molecule has 0 heterocycles. The highest BCUT2D eigenvalue weighted by molar-refractivity contribution is 6.30. The van der Waals surface area contributed by atoms with Crippen molar-refractivity contribution in [2.24, 2.45) is 5.92 Å². The van der Waals surface area contributed by atoms with Crippen molar-refractivity contribution >= 4 is 34.8 Å². The van der Waals surface area contributed by atoms with E-state index in [0.717, 1.165) is 31.4 Å². The average molecular weight is 514 g/mol. The van der Waals surface area contributed by atoms with Crippen molar-refractivity contribution in [1.82, 2.24) is 0 Å². The zero-order chi connectivity index (χ0) is 26.1. The largest absolute Gasteiger partial charge is 0.418 e. The van der Waals surface area contributed by atoms with Crippen LogP contribution in [-0.4, -0.2) is 31.6 Å². The van der Waals surface area contributed by atoms with Gasteiger partial charge in [0, 0.05) is 35.9 Å². The van der Waals surface area contributed by atoms with E-state index in [0.29, 0.717) is 27.6 Å². The van der Waals surface area contributed by atoms with Gasteiger partial charge in [0.1, 0.15) is 0 Å². The summed E-state index contributed by atoms with van der Waals surface area (Å²) in [5.41, 5.74) is 3.46. The van der Waals surface area contributed by atoms with Crippen molar-refractivity contribution in [2.45, 2.75) is 31.6 Å². The van der Waals surface area contributed by atoms with Crippen LogP contribution in [0.1, 0.15) is 68.2 Å². The summed E-state index contributed by atoms with van der Waals surface area (Å²) in [6.45, 7) is 0. The summed E-state index contributed by atoms with van der Waals surface area (Å²) in [5.74, 6) is -1.21. The standard InChI is InChI=1S/C31H28ClNO4/c1-33(2)24-17-13-22(14-18-24)31(36)37-30-27(28(34)25-5-3-4-6-26(25)29(30)35)21-9-7-19(8-10-21)20-11-15-23(32)16-12-20/h3-6,11-19,21H,7-10H2,1-2H3/t19-,21-. The molecule has 37 heavy (non-hydrogen) atoms. The van der Waals surface area contributed by atoms with Crippen molar-refractivity contribution in [3.05, 3.63) is 111 Å². The van der Waals surface area contributed by atoms with Gasteiger partial charge >= 0.3 is 5.97 Å². The lowest BCUT2D eigenvalue weighted by atomic mass is 9.72. The molecule has 3 aromatic carbocycles. The molecular formula is C31H28ClNO4. The Morgan fingerprint density at radius 1 is 0.784 bits per heavy atom. The van der Waals surface area contributed by atoms with Gasteiger partial charge < -0.3 is 9.64 Å². The Morgan fingerprint density at radius 2 is 1.35 bits per heavy atom. The topological polar surface area (TPSA) is 63.7 Å². The van der Waals surface area contributed by atoms with Gasteiger partial charge in [-0.2, -0.15) is 0 Å². The van der Waals surface area contributed by atoms with Gasteiger partial charge in [-0.1, -0.05) is 48.0 Å². The van der Waals surface area contributed by atoms with Crippen LogP contribution in [0.5, 0.6) is 0 Å². The second-order valence-electron chi connectivity index (χ2n) is 9.88. The fourth-order valence-electron chi connectivity index (χ4n) is 5.34. The summed E-state index contributed by atoms with van der Waals surface area (Å²) >= 11 is 6.05. The quantitative estimate of drug-likeness (QED) is 0.348. The molecule has 3 aromatic rings. The number of esters is 1. The van der Waals surface area contributed by atoms with E-state index in [1.807, 2.05) is 55.4 Å². The van der Waals surface area contributed by atoms with Crippen molar-refractivity contribution in [2.75, 3.05) is 19.0 Å². The van der Waals surface area contributed by atoms with Gasteiger partial charge in [-0.3, -0.25) is 9.59 Å². The summed E-state index contributed by atoms with van der Waals surface area (Å²) in [5, 5.41) is 0.704. The fourth-order valence-corrected chi connectivity index (χ4v) is 5.47. The number of nitrogens with zero attached hydrogens (tertiary/aromatic N) is 1. The number of carbonyl (C=O) groups excluding carboxylic acids is 3. The number of anilines is 1. The third-order valence-electron chi connectivity index (χ3n) is 7.40. The first-order chi connectivity index (χ1) is 17.8. The summed E-state index contributed by atoms with van der Waals surface area (Å²) in [6, 6.07) is 21.6. The van der Waals surface area contributed by atoms with Crippen LogP contribution in [0.25, 0.3) is 0 Å². The summed E-state index contributed by atoms with van der Waals surface area (Å²) in [6.07, 6.45) is 3.18. The molecule has 0 atom stereocenters. The van der Waals surface area contributed by atoms with E-state index in [-0.39, 0.29) is 23.0 Å². The van der Waals surface area contributed by atoms with Gasteiger partial charge in [0.15, 0.2) is 11.5 Å². The zero-order valence-corrected chi connectivity index (χ0v) is 21.6. The minimum atomic E-state index is -0.645. The Kier molecular flexibility index (Phi) is 6.98. The molecular weight excluding hydrogens is 486 g/mol. The molecule has 5 nitrogen and oxygen atoms in total. The van der Waals surface area contributed by atoms with E-state index in [4.69, 9.17) is 16.3 Å². The third kappa shape index (κ3) is 4.96. The minimum absolute atomic E-state index is 0.125. The molecule has 0 unspecified atom stereocenters. The molecule has 0 amide bonds. The second kappa shape index (κ2) is 10.3. The summed E-state index contributed by atoms with van der Waals surface area (Å²) < 4.78 is 5.75. The summed E-state index contributed by atoms with van der Waals surface area (Å²) in [7, 11) is 3.83. The monoisotopic (exact) mass is 513 g/mol. The SMILES string of the molecule is CN(C)c1ccc(C(=O)OC2=C([C@H]3CC[C@H](c4ccc(Cl)cc4)CC3)C(=O)c3ccccc3C2=O)cc1. The molecule has 5 rings (SSSR count). The lowest BCUT2D eigenvalue weighted by Crippen LogP contribution is -2.30. The molecule has 0 bridgehead atoms. The van der Waals surface area contributed by atoms with Crippen LogP contribution >= 0.6 is 11.6 Å². The van der Waals surface area contributed by atoms with Crippen LogP contribution in [0.2, 0.25) is 5.02 Å². The van der Waals surface area contributed by atoms with E-state index < -0.39 is 11.8 Å². The number of Topliss-reactive ketones (excluding diaryl/α,β-unsaturated/α-hetero) is 2. The Bertz CT molecular complexity index is 1380. The van der Waals surface area contributed by atoms with E-state index in [2.05, 4.69) is 0 Å². The number of rotatable bonds is 5. The van der Waals surface area contributed by atoms with Gasteiger partial charge in [0.05, 0.1) is 11.1 Å². The molecule has 0 N–H and O–H groups in total. The van der Waals surface area contributed by atoms with Crippen molar-refractivity contribution in [3.63, 3.8) is 0 Å². The first kappa shape index (κ1) is 25.0. The molecule has 2 aliphatic rings. The molecule has 188 valence electrons. The number of carbonyl (C=O) groups is 3. The Balaban J connectivity index is 1.45.